The highest BCUT2D eigenvalue weighted by atomic mass is 35.5. The van der Waals surface area contributed by atoms with Crippen molar-refractivity contribution in [3.05, 3.63) is 82.1 Å². The third kappa shape index (κ3) is 6.08. The van der Waals surface area contributed by atoms with Crippen molar-refractivity contribution >= 4 is 37.7 Å². The molecule has 3 heterocycles. The number of carbonyl (C=O) groups is 1. The van der Waals surface area contributed by atoms with E-state index in [1.165, 1.54) is 24.4 Å². The molecule has 1 aliphatic carbocycles. The molecule has 0 radical (unpaired) electrons. The summed E-state index contributed by atoms with van der Waals surface area (Å²) >= 11 is 6.08. The number of alkyl halides is 6. The van der Waals surface area contributed by atoms with E-state index in [9.17, 15) is 36.2 Å². The van der Waals surface area contributed by atoms with Gasteiger partial charge in [-0.05, 0) is 56.2 Å². The number of nitrogens with zero attached hydrogens (tertiary/aromatic N) is 2. The van der Waals surface area contributed by atoms with Crippen LogP contribution in [0.15, 0.2) is 54.7 Å². The minimum atomic E-state index is -5.35. The van der Waals surface area contributed by atoms with E-state index in [2.05, 4.69) is 24.5 Å². The van der Waals surface area contributed by atoms with Gasteiger partial charge in [0.15, 0.2) is 0 Å². The molecule has 2 aromatic carbocycles. The Morgan fingerprint density at radius 2 is 1.83 bits per heavy atom. The summed E-state index contributed by atoms with van der Waals surface area (Å²) in [6.07, 6.45) is -7.07. The number of halogens is 7. The number of ether oxygens (including phenoxy) is 2. The van der Waals surface area contributed by atoms with Crippen LogP contribution in [0.2, 0.25) is 5.02 Å². The summed E-state index contributed by atoms with van der Waals surface area (Å²) in [5, 5.41) is 13.2. The summed E-state index contributed by atoms with van der Waals surface area (Å²) in [5.41, 5.74) is -5.12. The molecule has 0 bridgehead atoms. The second-order valence-electron chi connectivity index (χ2n) is 11.6. The summed E-state index contributed by atoms with van der Waals surface area (Å²) in [5.74, 6) is -0.621. The van der Waals surface area contributed by atoms with Gasteiger partial charge in [-0.25, -0.2) is 4.98 Å². The summed E-state index contributed by atoms with van der Waals surface area (Å²) < 4.78 is 95.4. The third-order valence-corrected chi connectivity index (χ3v) is 8.47. The highest BCUT2D eigenvalue weighted by Crippen LogP contribution is 2.50. The normalized spacial score (nSPS) is 19.3. The van der Waals surface area contributed by atoms with Crippen LogP contribution < -0.4 is 14.8 Å². The van der Waals surface area contributed by atoms with E-state index in [0.29, 0.717) is 10.9 Å². The lowest BCUT2D eigenvalue weighted by molar-refractivity contribution is -0.265. The van der Waals surface area contributed by atoms with E-state index in [-0.39, 0.29) is 51.6 Å². The lowest BCUT2D eigenvalue weighted by Gasteiger charge is -2.31. The maximum absolute atomic E-state index is 14.7. The molecule has 3 atom stereocenters. The minimum Gasteiger partial charge on any atom is -0.490 e. The number of nitrogens with one attached hydrogen (secondary N) is 1. The Morgan fingerprint density at radius 1 is 1.13 bits per heavy atom. The van der Waals surface area contributed by atoms with Gasteiger partial charge in [-0.1, -0.05) is 23.7 Å². The van der Waals surface area contributed by atoms with E-state index < -0.39 is 46.8 Å². The average molecular weight is 684 g/mol. The Kier molecular flexibility index (Phi) is 7.89. The molecular weight excluding hydrogens is 659 g/mol. The molecule has 46 heavy (non-hydrogen) atoms. The predicted octanol–water partition coefficient (Wildman–Crippen LogP) is 7.17. The molecule has 4 aromatic rings. The summed E-state index contributed by atoms with van der Waals surface area (Å²) in [7, 11) is 2.47. The molecule has 242 valence electrons. The van der Waals surface area contributed by atoms with Gasteiger partial charge in [-0.3, -0.25) is 9.78 Å². The first-order chi connectivity index (χ1) is 21.5. The maximum Gasteiger partial charge on any atom is 0.424 e. The Bertz CT molecular complexity index is 1850. The van der Waals surface area contributed by atoms with Crippen molar-refractivity contribution < 1.29 is 45.7 Å². The molecular formula is C31H25ClF6N3O4P. The number of hydrogen-bond acceptors (Lipinski definition) is 6. The van der Waals surface area contributed by atoms with Crippen molar-refractivity contribution in [3.8, 4) is 22.8 Å². The molecule has 7 nitrogen and oxygen atoms in total. The van der Waals surface area contributed by atoms with Crippen LogP contribution in [0.25, 0.3) is 22.2 Å². The number of carbonyl (C=O) groups excluding carboxylic acids is 1. The maximum atomic E-state index is 14.7. The molecule has 6 rings (SSSR count). The van der Waals surface area contributed by atoms with E-state index in [0.717, 1.165) is 43.2 Å². The van der Waals surface area contributed by atoms with Gasteiger partial charge in [0.25, 0.3) is 5.91 Å². The summed E-state index contributed by atoms with van der Waals surface area (Å²) in [6, 6.07) is 8.99. The number of hydrogen-bond donors (Lipinski definition) is 2. The zero-order valence-corrected chi connectivity index (χ0v) is 25.8. The number of pyridine rings is 2. The fourth-order valence-corrected chi connectivity index (χ4v) is 5.51. The highest BCUT2D eigenvalue weighted by Gasteiger charge is 2.57. The van der Waals surface area contributed by atoms with E-state index in [1.54, 1.807) is 6.92 Å². The zero-order valence-electron chi connectivity index (χ0n) is 23.9. The highest BCUT2D eigenvalue weighted by molar-refractivity contribution is 7.18. The van der Waals surface area contributed by atoms with Crippen molar-refractivity contribution in [2.24, 2.45) is 0 Å². The molecule has 15 heteroatoms. The van der Waals surface area contributed by atoms with Gasteiger partial charge in [0.2, 0.25) is 5.60 Å². The molecule has 2 aromatic heterocycles. The summed E-state index contributed by atoms with van der Waals surface area (Å²) in [4.78, 5) is 21.6. The van der Waals surface area contributed by atoms with Crippen LogP contribution in [0, 0.1) is 0 Å². The fraction of sp³-hybridized carbons (Fsp3) is 0.323. The second-order valence-corrected chi connectivity index (χ2v) is 13.3. The molecule has 1 fully saturated rings. The van der Waals surface area contributed by atoms with Crippen molar-refractivity contribution in [3.63, 3.8) is 0 Å². The van der Waals surface area contributed by atoms with Crippen molar-refractivity contribution in [1.82, 2.24) is 15.3 Å². The first-order valence-electron chi connectivity index (χ1n) is 13.9. The smallest absolute Gasteiger partial charge is 0.424 e. The summed E-state index contributed by atoms with van der Waals surface area (Å²) in [6.45, 7) is 0.339. The quantitative estimate of drug-likeness (QED) is 0.159. The van der Waals surface area contributed by atoms with Crippen molar-refractivity contribution in [2.75, 3.05) is 13.2 Å². The number of aromatic nitrogens is 2. The van der Waals surface area contributed by atoms with Gasteiger partial charge in [0.1, 0.15) is 29.3 Å². The predicted molar refractivity (Wildman–Crippen MR) is 160 cm³/mol. The number of benzene rings is 2. The molecule has 1 aliphatic heterocycles. The first-order valence-corrected chi connectivity index (χ1v) is 14.9. The van der Waals surface area contributed by atoms with Gasteiger partial charge >= 0.3 is 12.4 Å². The topological polar surface area (TPSA) is 93.6 Å². The number of aliphatic hydroxyl groups is 1. The van der Waals surface area contributed by atoms with Gasteiger partial charge in [-0.15, -0.1) is 9.24 Å². The van der Waals surface area contributed by atoms with Gasteiger partial charge < -0.3 is 19.9 Å². The molecule has 1 amide bonds. The molecule has 1 saturated carbocycles. The van der Waals surface area contributed by atoms with Crippen LogP contribution in [0.4, 0.5) is 26.3 Å². The van der Waals surface area contributed by atoms with Crippen LogP contribution in [0.5, 0.6) is 11.5 Å². The number of fused-ring (bicyclic) bond motifs is 2. The lowest BCUT2D eigenvalue weighted by atomic mass is 9.91. The van der Waals surface area contributed by atoms with E-state index in [1.807, 2.05) is 0 Å². The van der Waals surface area contributed by atoms with E-state index >= 15 is 0 Å². The Labute approximate surface area is 265 Å². The van der Waals surface area contributed by atoms with Gasteiger partial charge in [0.05, 0.1) is 28.9 Å². The lowest BCUT2D eigenvalue weighted by Crippen LogP contribution is -2.51. The Hall–Kier alpha value is -3.67. The largest absolute Gasteiger partial charge is 0.490 e. The molecule has 1 unspecified atom stereocenters. The fourth-order valence-electron chi connectivity index (χ4n) is 5.05. The molecule has 2 aliphatic rings. The third-order valence-electron chi connectivity index (χ3n) is 7.78. The monoisotopic (exact) mass is 683 g/mol. The standard InChI is InChI=1S/C31H25ClF6N3O4P/c1-28(46)14-44-26-21(28)11-23(41-25(26)15-2-4-18(5-3-15)30(33,34)35)29(43,31(36,37)38)13-40-27(42)17-8-16-9-19(32)12-39-24(16)22(10-17)45-20-6-7-20/h2-5,8-12,20,43H,6-7,13-14,46H2,1H3,(H,40,42)/t28-,29-/m0/s1. The van der Waals surface area contributed by atoms with Gasteiger partial charge in [0, 0.05) is 33.4 Å². The number of amides is 1. The van der Waals surface area contributed by atoms with Crippen molar-refractivity contribution in [1.29, 1.82) is 0 Å². The van der Waals surface area contributed by atoms with Crippen LogP contribution in [-0.4, -0.2) is 46.4 Å². The molecule has 0 spiro atoms. The van der Waals surface area contributed by atoms with Crippen LogP contribution in [0.1, 0.15) is 46.9 Å². The zero-order chi connectivity index (χ0) is 33.2. The van der Waals surface area contributed by atoms with Crippen molar-refractivity contribution in [2.45, 2.75) is 49.0 Å². The molecule has 0 saturated heterocycles. The first kappa shape index (κ1) is 32.3. The molecule has 2 N–H and O–H groups in total. The minimum absolute atomic E-state index is 0.0129. The number of rotatable bonds is 7. The van der Waals surface area contributed by atoms with Crippen LogP contribution in [0.3, 0.4) is 0 Å². The van der Waals surface area contributed by atoms with Crippen LogP contribution in [-0.2, 0) is 16.9 Å². The van der Waals surface area contributed by atoms with Gasteiger partial charge in [-0.2, -0.15) is 26.3 Å². The Morgan fingerprint density at radius 3 is 2.46 bits per heavy atom. The van der Waals surface area contributed by atoms with Crippen LogP contribution >= 0.6 is 20.8 Å². The average Bonchev–Trinajstić information content (AvgIpc) is 3.75. The van der Waals surface area contributed by atoms with E-state index in [4.69, 9.17) is 21.1 Å². The SMILES string of the molecule is C[C@]1(P)COc2c1cc([C@@](O)(CNC(=O)c1cc(OC3CC3)c3ncc(Cl)cc3c1)C(F)(F)F)nc2-c1ccc(C(F)(F)F)cc1. The Balaban J connectivity index is 1.38. The second kappa shape index (κ2) is 11.2.